The number of aryl methyl sites for hydroxylation is 2. The fourth-order valence-corrected chi connectivity index (χ4v) is 8.13. The first kappa shape index (κ1) is 20.9. The van der Waals surface area contributed by atoms with E-state index in [9.17, 15) is 18.0 Å². The third-order valence-electron chi connectivity index (χ3n) is 5.71. The Kier molecular flexibility index (Phi) is 5.78. The summed E-state index contributed by atoms with van der Waals surface area (Å²) in [5.41, 5.74) is 1.17. The third-order valence-corrected chi connectivity index (χ3v) is 9.61. The number of amides is 1. The van der Waals surface area contributed by atoms with E-state index in [2.05, 4.69) is 0 Å². The van der Waals surface area contributed by atoms with Crippen LogP contribution in [0.2, 0.25) is 0 Å². The molecule has 1 atom stereocenters. The Bertz CT molecular complexity index is 1120. The van der Waals surface area contributed by atoms with E-state index in [1.165, 1.54) is 27.1 Å². The van der Waals surface area contributed by atoms with E-state index in [0.717, 1.165) is 35.9 Å². The number of hydrogen-bond acceptors (Lipinski definition) is 7. The first-order chi connectivity index (χ1) is 13.8. The number of thioether (sulfide) groups is 1. The van der Waals surface area contributed by atoms with Gasteiger partial charge in [0.05, 0.1) is 22.6 Å². The van der Waals surface area contributed by atoms with Crippen molar-refractivity contribution in [1.29, 1.82) is 0 Å². The molecule has 0 aromatic carbocycles. The van der Waals surface area contributed by atoms with Gasteiger partial charge in [-0.25, -0.2) is 13.4 Å². The molecule has 2 aromatic rings. The minimum Gasteiger partial charge on any atom is -0.341 e. The van der Waals surface area contributed by atoms with Gasteiger partial charge in [0, 0.05) is 24.5 Å². The Morgan fingerprint density at radius 1 is 1.38 bits per heavy atom. The highest BCUT2D eigenvalue weighted by Crippen LogP contribution is 2.35. The van der Waals surface area contributed by atoms with E-state index in [0.29, 0.717) is 18.1 Å². The largest absolute Gasteiger partial charge is 0.341 e. The van der Waals surface area contributed by atoms with Crippen LogP contribution < -0.4 is 5.56 Å². The molecule has 0 bridgehead atoms. The molecule has 2 aromatic heterocycles. The van der Waals surface area contributed by atoms with E-state index in [1.807, 2.05) is 6.92 Å². The maximum Gasteiger partial charge on any atom is 0.263 e. The van der Waals surface area contributed by atoms with Gasteiger partial charge >= 0.3 is 0 Å². The fourth-order valence-electron chi connectivity index (χ4n) is 4.10. The van der Waals surface area contributed by atoms with Crippen molar-refractivity contribution in [3.63, 3.8) is 0 Å². The second-order valence-corrected chi connectivity index (χ2v) is 12.0. The maximum atomic E-state index is 13.2. The lowest BCUT2D eigenvalue weighted by Gasteiger charge is -2.23. The summed E-state index contributed by atoms with van der Waals surface area (Å²) in [5, 5.41) is 1.34. The first-order valence-corrected chi connectivity index (χ1v) is 13.6. The van der Waals surface area contributed by atoms with Gasteiger partial charge in [-0.3, -0.25) is 14.2 Å². The first-order valence-electron chi connectivity index (χ1n) is 9.94. The highest BCUT2D eigenvalue weighted by molar-refractivity contribution is 7.99. The van der Waals surface area contributed by atoms with Gasteiger partial charge in [0.25, 0.3) is 5.56 Å². The molecule has 1 aliphatic heterocycles. The number of thiophene rings is 1. The second-order valence-electron chi connectivity index (χ2n) is 7.74. The Morgan fingerprint density at radius 2 is 2.17 bits per heavy atom. The van der Waals surface area contributed by atoms with Crippen LogP contribution in [0.15, 0.2) is 9.95 Å². The van der Waals surface area contributed by atoms with Gasteiger partial charge in [0.15, 0.2) is 15.0 Å². The molecule has 0 spiro atoms. The van der Waals surface area contributed by atoms with Crippen LogP contribution in [-0.4, -0.2) is 59.1 Å². The van der Waals surface area contributed by atoms with Crippen molar-refractivity contribution in [3.8, 4) is 0 Å². The fraction of sp³-hybridized carbons (Fsp3) is 0.632. The van der Waals surface area contributed by atoms with Crippen LogP contribution in [-0.2, 0) is 34.0 Å². The summed E-state index contributed by atoms with van der Waals surface area (Å²) < 4.78 is 25.1. The van der Waals surface area contributed by atoms with Crippen LogP contribution in [0.3, 0.4) is 0 Å². The number of fused-ring (bicyclic) bond motifs is 3. The summed E-state index contributed by atoms with van der Waals surface area (Å²) in [6, 6.07) is -0.262. The smallest absolute Gasteiger partial charge is 0.263 e. The summed E-state index contributed by atoms with van der Waals surface area (Å²) in [5.74, 6) is 0.175. The zero-order valence-corrected chi connectivity index (χ0v) is 19.1. The molecule has 3 heterocycles. The summed E-state index contributed by atoms with van der Waals surface area (Å²) in [4.78, 5) is 34.2. The van der Waals surface area contributed by atoms with E-state index < -0.39 is 9.84 Å². The van der Waals surface area contributed by atoms with E-state index in [4.69, 9.17) is 4.98 Å². The average Bonchev–Trinajstić information content (AvgIpc) is 3.35. The molecule has 0 radical (unpaired) electrons. The number of rotatable bonds is 6. The molecular formula is C19H25N3O4S3. The molecule has 1 amide bonds. The van der Waals surface area contributed by atoms with Gasteiger partial charge in [0.1, 0.15) is 4.83 Å². The molecule has 10 heteroatoms. The van der Waals surface area contributed by atoms with E-state index in [1.54, 1.807) is 23.0 Å². The third kappa shape index (κ3) is 3.98. The Labute approximate surface area is 178 Å². The SMILES string of the molecule is CCCn1c(SCC(=O)N(C)[C@H]2CCS(=O)(=O)C2)nc2sc3c(c2c1=O)CCC3. The van der Waals surface area contributed by atoms with E-state index in [-0.39, 0.29) is 34.8 Å². The monoisotopic (exact) mass is 455 g/mol. The van der Waals surface area contributed by atoms with E-state index >= 15 is 0 Å². The van der Waals surface area contributed by atoms with Crippen LogP contribution >= 0.6 is 23.1 Å². The lowest BCUT2D eigenvalue weighted by Crippen LogP contribution is -2.39. The van der Waals surface area contributed by atoms with Gasteiger partial charge in [-0.2, -0.15) is 0 Å². The Balaban J connectivity index is 1.56. The number of carbonyl (C=O) groups is 1. The second kappa shape index (κ2) is 8.03. The molecule has 158 valence electrons. The molecule has 4 rings (SSSR count). The number of carbonyl (C=O) groups excluding carboxylic acids is 1. The summed E-state index contributed by atoms with van der Waals surface area (Å²) in [6.45, 7) is 2.59. The topological polar surface area (TPSA) is 89.3 Å². The van der Waals surface area contributed by atoms with Crippen molar-refractivity contribution in [3.05, 3.63) is 20.8 Å². The molecule has 0 saturated carbocycles. The molecule has 29 heavy (non-hydrogen) atoms. The predicted octanol–water partition coefficient (Wildman–Crippen LogP) is 2.09. The minimum atomic E-state index is -3.04. The molecule has 7 nitrogen and oxygen atoms in total. The highest BCUT2D eigenvalue weighted by Gasteiger charge is 2.33. The van der Waals surface area contributed by atoms with Crippen molar-refractivity contribution in [2.45, 2.75) is 56.8 Å². The lowest BCUT2D eigenvalue weighted by atomic mass is 10.2. The van der Waals surface area contributed by atoms with Crippen LogP contribution in [0.1, 0.15) is 36.6 Å². The van der Waals surface area contributed by atoms with Crippen molar-refractivity contribution in [2.75, 3.05) is 24.3 Å². The zero-order valence-electron chi connectivity index (χ0n) is 16.6. The quantitative estimate of drug-likeness (QED) is 0.490. The minimum absolute atomic E-state index is 0.00133. The zero-order chi connectivity index (χ0) is 20.8. The van der Waals surface area contributed by atoms with Crippen molar-refractivity contribution in [1.82, 2.24) is 14.5 Å². The summed E-state index contributed by atoms with van der Waals surface area (Å²) in [6.07, 6.45) is 4.35. The van der Waals surface area contributed by atoms with Crippen LogP contribution in [0.5, 0.6) is 0 Å². The average molecular weight is 456 g/mol. The van der Waals surface area contributed by atoms with Gasteiger partial charge in [0.2, 0.25) is 5.91 Å². The molecule has 0 N–H and O–H groups in total. The molecule has 1 aliphatic carbocycles. The number of hydrogen-bond donors (Lipinski definition) is 0. The number of nitrogens with zero attached hydrogens (tertiary/aromatic N) is 3. The van der Waals surface area contributed by atoms with Crippen LogP contribution in [0, 0.1) is 0 Å². The number of sulfone groups is 1. The van der Waals surface area contributed by atoms with Crippen molar-refractivity contribution >= 4 is 49.1 Å². The van der Waals surface area contributed by atoms with Crippen LogP contribution in [0.25, 0.3) is 10.2 Å². The lowest BCUT2D eigenvalue weighted by molar-refractivity contribution is -0.128. The molecule has 0 unspecified atom stereocenters. The van der Waals surface area contributed by atoms with Gasteiger partial charge in [-0.05, 0) is 37.7 Å². The summed E-state index contributed by atoms with van der Waals surface area (Å²) >= 11 is 2.87. The Morgan fingerprint density at radius 3 is 2.86 bits per heavy atom. The normalized spacial score (nSPS) is 20.3. The molecule has 1 saturated heterocycles. The Hall–Kier alpha value is -1.39. The predicted molar refractivity (Wildman–Crippen MR) is 117 cm³/mol. The maximum absolute atomic E-state index is 13.2. The van der Waals surface area contributed by atoms with Crippen molar-refractivity contribution in [2.24, 2.45) is 0 Å². The summed E-state index contributed by atoms with van der Waals surface area (Å²) in [7, 11) is -1.38. The van der Waals surface area contributed by atoms with Gasteiger partial charge < -0.3 is 4.90 Å². The standard InChI is InChI=1S/C19H25N3O4S3/c1-3-8-22-18(24)16-13-5-4-6-14(13)28-17(16)20-19(22)27-10-15(23)21(2)12-7-9-29(25,26)11-12/h12H,3-11H2,1-2H3/t12-/m0/s1. The van der Waals surface area contributed by atoms with Crippen molar-refractivity contribution < 1.29 is 13.2 Å². The van der Waals surface area contributed by atoms with Gasteiger partial charge in [-0.1, -0.05) is 18.7 Å². The molecule has 2 aliphatic rings. The molecule has 1 fully saturated rings. The molecular weight excluding hydrogens is 430 g/mol. The van der Waals surface area contributed by atoms with Gasteiger partial charge in [-0.15, -0.1) is 11.3 Å². The number of aromatic nitrogens is 2. The highest BCUT2D eigenvalue weighted by atomic mass is 32.2. The van der Waals surface area contributed by atoms with Crippen LogP contribution in [0.4, 0.5) is 0 Å².